The molecule has 2 aromatic carbocycles. The zero-order chi connectivity index (χ0) is 23.0. The Morgan fingerprint density at radius 3 is 2.82 bits per heavy atom. The van der Waals surface area contributed by atoms with Gasteiger partial charge in [-0.2, -0.15) is 16.7 Å². The van der Waals surface area contributed by atoms with E-state index in [1.807, 2.05) is 55.5 Å². The Morgan fingerprint density at radius 1 is 1.21 bits per heavy atom. The van der Waals surface area contributed by atoms with Gasteiger partial charge in [-0.1, -0.05) is 58.7 Å². The van der Waals surface area contributed by atoms with Crippen LogP contribution in [0, 0.1) is 12.8 Å². The van der Waals surface area contributed by atoms with Crippen molar-refractivity contribution >= 4 is 29.3 Å². The molecule has 2 heterocycles. The highest BCUT2D eigenvalue weighted by Crippen LogP contribution is 2.22. The summed E-state index contributed by atoms with van der Waals surface area (Å²) in [6.07, 6.45) is 1.69. The lowest BCUT2D eigenvalue weighted by Gasteiger charge is -2.30. The van der Waals surface area contributed by atoms with E-state index in [1.165, 1.54) is 5.56 Å². The first kappa shape index (κ1) is 23.8. The molecule has 0 aliphatic carbocycles. The molecule has 0 saturated carbocycles. The quantitative estimate of drug-likeness (QED) is 0.433. The fourth-order valence-electron chi connectivity index (χ4n) is 3.95. The molecular formula is C25H29ClN4O2S. The van der Waals surface area contributed by atoms with Crippen molar-refractivity contribution in [1.29, 1.82) is 0 Å². The lowest BCUT2D eigenvalue weighted by Crippen LogP contribution is -2.40. The summed E-state index contributed by atoms with van der Waals surface area (Å²) in [4.78, 5) is 19.4. The van der Waals surface area contributed by atoms with Crippen LogP contribution in [0.1, 0.15) is 29.9 Å². The van der Waals surface area contributed by atoms with E-state index in [9.17, 15) is 4.79 Å². The van der Waals surface area contributed by atoms with Crippen LogP contribution in [-0.2, 0) is 17.1 Å². The van der Waals surface area contributed by atoms with Crippen LogP contribution in [0.15, 0.2) is 53.1 Å². The van der Waals surface area contributed by atoms with Crippen LogP contribution in [0.2, 0.25) is 5.02 Å². The monoisotopic (exact) mass is 484 g/mol. The molecule has 0 unspecified atom stereocenters. The van der Waals surface area contributed by atoms with Gasteiger partial charge in [0, 0.05) is 34.6 Å². The minimum Gasteiger partial charge on any atom is -0.355 e. The third-order valence-electron chi connectivity index (χ3n) is 5.82. The average molecular weight is 485 g/mol. The van der Waals surface area contributed by atoms with E-state index >= 15 is 0 Å². The Hall–Kier alpha value is -2.35. The van der Waals surface area contributed by atoms with E-state index < -0.39 is 0 Å². The number of thioether (sulfide) groups is 1. The Balaban J connectivity index is 1.15. The maximum atomic E-state index is 12.5. The lowest BCUT2D eigenvalue weighted by atomic mass is 9.96. The molecule has 8 heteroatoms. The predicted molar refractivity (Wildman–Crippen MR) is 133 cm³/mol. The van der Waals surface area contributed by atoms with Crippen LogP contribution in [0.25, 0.3) is 11.4 Å². The number of nitrogens with zero attached hydrogens (tertiary/aromatic N) is 3. The molecule has 4 rings (SSSR count). The number of likely N-dealkylation sites (tertiary alicyclic amines) is 1. The molecule has 1 amide bonds. The van der Waals surface area contributed by atoms with Gasteiger partial charge in [0.1, 0.15) is 0 Å². The Labute approximate surface area is 204 Å². The minimum atomic E-state index is 0.0698. The predicted octanol–water partition coefficient (Wildman–Crippen LogP) is 4.96. The number of halogens is 1. The molecule has 0 radical (unpaired) electrons. The summed E-state index contributed by atoms with van der Waals surface area (Å²) in [7, 11) is 0. The maximum Gasteiger partial charge on any atom is 0.241 e. The van der Waals surface area contributed by atoms with Crippen molar-refractivity contribution in [2.75, 3.05) is 25.4 Å². The molecular weight excluding hydrogens is 456 g/mol. The standard InChI is InChI=1S/C25H29ClN4O2S/c1-18-5-4-7-20(15-18)24-28-23(32-29-24)16-30-12-9-19(10-13-30)25(31)27-11-14-33-17-21-6-2-3-8-22(21)26/h2-8,15,19H,9-14,16-17H2,1H3,(H,27,31). The van der Waals surface area contributed by atoms with Crippen LogP contribution in [0.5, 0.6) is 0 Å². The molecule has 33 heavy (non-hydrogen) atoms. The van der Waals surface area contributed by atoms with Gasteiger partial charge < -0.3 is 9.84 Å². The van der Waals surface area contributed by atoms with Gasteiger partial charge in [0.2, 0.25) is 17.6 Å². The first-order valence-corrected chi connectivity index (χ1v) is 12.8. The smallest absolute Gasteiger partial charge is 0.241 e. The third-order valence-corrected chi connectivity index (χ3v) is 7.20. The highest BCUT2D eigenvalue weighted by molar-refractivity contribution is 7.98. The van der Waals surface area contributed by atoms with Crippen LogP contribution >= 0.6 is 23.4 Å². The molecule has 3 aromatic rings. The number of piperidine rings is 1. The average Bonchev–Trinajstić information content (AvgIpc) is 3.29. The third kappa shape index (κ3) is 6.82. The molecule has 1 aliphatic heterocycles. The van der Waals surface area contributed by atoms with Crippen molar-refractivity contribution in [2.24, 2.45) is 5.92 Å². The molecule has 1 N–H and O–H groups in total. The maximum absolute atomic E-state index is 12.5. The van der Waals surface area contributed by atoms with E-state index in [2.05, 4.69) is 20.4 Å². The largest absolute Gasteiger partial charge is 0.355 e. The van der Waals surface area contributed by atoms with Crippen molar-refractivity contribution < 1.29 is 9.32 Å². The summed E-state index contributed by atoms with van der Waals surface area (Å²) < 4.78 is 5.46. The van der Waals surface area contributed by atoms with Crippen LogP contribution in [-0.4, -0.2) is 46.3 Å². The summed E-state index contributed by atoms with van der Waals surface area (Å²) in [5.41, 5.74) is 3.26. The van der Waals surface area contributed by atoms with Gasteiger partial charge >= 0.3 is 0 Å². The number of hydrogen-bond donors (Lipinski definition) is 1. The van der Waals surface area contributed by atoms with Gasteiger partial charge in [-0.05, 0) is 50.6 Å². The second kappa shape index (κ2) is 11.7. The summed E-state index contributed by atoms with van der Waals surface area (Å²) in [5, 5.41) is 8.01. The second-order valence-electron chi connectivity index (χ2n) is 8.37. The first-order chi connectivity index (χ1) is 16.1. The fraction of sp³-hybridized carbons (Fsp3) is 0.400. The molecule has 6 nitrogen and oxygen atoms in total. The number of hydrogen-bond acceptors (Lipinski definition) is 6. The Kier molecular flexibility index (Phi) is 8.42. The number of nitrogens with one attached hydrogen (secondary N) is 1. The van der Waals surface area contributed by atoms with Crippen molar-refractivity contribution in [2.45, 2.75) is 32.1 Å². The summed E-state index contributed by atoms with van der Waals surface area (Å²) in [6.45, 7) is 5.04. The first-order valence-electron chi connectivity index (χ1n) is 11.3. The van der Waals surface area contributed by atoms with Crippen LogP contribution in [0.3, 0.4) is 0 Å². The zero-order valence-electron chi connectivity index (χ0n) is 18.8. The van der Waals surface area contributed by atoms with Crippen molar-refractivity contribution in [1.82, 2.24) is 20.4 Å². The van der Waals surface area contributed by atoms with Gasteiger partial charge in [0.15, 0.2) is 0 Å². The van der Waals surface area contributed by atoms with Crippen LogP contribution in [0.4, 0.5) is 0 Å². The van der Waals surface area contributed by atoms with E-state index in [-0.39, 0.29) is 11.8 Å². The fourth-order valence-corrected chi connectivity index (χ4v) is 5.10. The number of carbonyl (C=O) groups excluding carboxylic acids is 1. The zero-order valence-corrected chi connectivity index (χ0v) is 20.4. The highest BCUT2D eigenvalue weighted by atomic mass is 35.5. The number of aromatic nitrogens is 2. The number of aryl methyl sites for hydroxylation is 1. The topological polar surface area (TPSA) is 71.3 Å². The molecule has 0 atom stereocenters. The number of amides is 1. The van der Waals surface area contributed by atoms with E-state index in [4.69, 9.17) is 16.1 Å². The lowest BCUT2D eigenvalue weighted by molar-refractivity contribution is -0.126. The molecule has 1 aliphatic rings. The summed E-state index contributed by atoms with van der Waals surface area (Å²) >= 11 is 7.97. The normalized spacial score (nSPS) is 15.0. The summed E-state index contributed by atoms with van der Waals surface area (Å²) in [5.74, 6) is 3.19. The van der Waals surface area contributed by atoms with E-state index in [0.717, 1.165) is 53.6 Å². The van der Waals surface area contributed by atoms with Crippen molar-refractivity contribution in [3.05, 3.63) is 70.6 Å². The molecule has 1 saturated heterocycles. The summed E-state index contributed by atoms with van der Waals surface area (Å²) in [6, 6.07) is 16.0. The second-order valence-corrected chi connectivity index (χ2v) is 9.88. The molecule has 0 spiro atoms. The Morgan fingerprint density at radius 2 is 2.03 bits per heavy atom. The van der Waals surface area contributed by atoms with Crippen molar-refractivity contribution in [3.8, 4) is 11.4 Å². The van der Waals surface area contributed by atoms with Gasteiger partial charge in [0.05, 0.1) is 6.54 Å². The Bertz CT molecular complexity index is 1070. The van der Waals surface area contributed by atoms with Crippen LogP contribution < -0.4 is 5.32 Å². The van der Waals surface area contributed by atoms with Crippen molar-refractivity contribution in [3.63, 3.8) is 0 Å². The molecule has 1 aromatic heterocycles. The SMILES string of the molecule is Cc1cccc(-c2noc(CN3CCC(C(=O)NCCSCc4ccccc4Cl)CC3)n2)c1. The van der Waals surface area contributed by atoms with E-state index in [1.54, 1.807) is 11.8 Å². The van der Waals surface area contributed by atoms with Gasteiger partial charge in [-0.25, -0.2) is 0 Å². The minimum absolute atomic E-state index is 0.0698. The number of carbonyl (C=O) groups is 1. The molecule has 0 bridgehead atoms. The van der Waals surface area contributed by atoms with Gasteiger partial charge in [0.25, 0.3) is 0 Å². The van der Waals surface area contributed by atoms with Gasteiger partial charge in [-0.15, -0.1) is 0 Å². The molecule has 1 fully saturated rings. The number of benzene rings is 2. The highest BCUT2D eigenvalue weighted by Gasteiger charge is 2.25. The van der Waals surface area contributed by atoms with Gasteiger partial charge in [-0.3, -0.25) is 9.69 Å². The van der Waals surface area contributed by atoms with E-state index in [0.29, 0.717) is 24.8 Å². The number of rotatable bonds is 9. The molecule has 174 valence electrons.